The van der Waals surface area contributed by atoms with Gasteiger partial charge < -0.3 is 4.85 Å². The number of halogens is 4. The molecule has 0 aliphatic rings. The number of pyridine rings is 1. The number of nitrogens with zero attached hydrogens (tertiary/aromatic N) is 4. The third-order valence-corrected chi connectivity index (χ3v) is 2.47. The fourth-order valence-electron chi connectivity index (χ4n) is 1.30. The molecule has 19 heavy (non-hydrogen) atoms. The highest BCUT2D eigenvalue weighted by molar-refractivity contribution is 6.33. The second kappa shape index (κ2) is 4.82. The number of alkyl halides is 3. The van der Waals surface area contributed by atoms with Gasteiger partial charge in [0, 0.05) is 5.56 Å². The molecule has 4 nitrogen and oxygen atoms in total. The molecule has 0 atom stereocenters. The van der Waals surface area contributed by atoms with Crippen LogP contribution in [-0.2, 0) is 6.18 Å². The lowest BCUT2D eigenvalue weighted by Crippen LogP contribution is -2.08. The Bertz CT molecular complexity index is 646. The Hall–Kier alpha value is -2.20. The van der Waals surface area contributed by atoms with Gasteiger partial charge in [0.05, 0.1) is 23.1 Å². The first-order chi connectivity index (χ1) is 8.91. The highest BCUT2D eigenvalue weighted by Crippen LogP contribution is 2.31. The maximum absolute atomic E-state index is 12.3. The molecule has 0 aromatic carbocycles. The van der Waals surface area contributed by atoms with Crippen LogP contribution in [0.5, 0.6) is 0 Å². The van der Waals surface area contributed by atoms with Crippen molar-refractivity contribution in [1.82, 2.24) is 15.0 Å². The van der Waals surface area contributed by atoms with E-state index >= 15 is 0 Å². The summed E-state index contributed by atoms with van der Waals surface area (Å²) in [6.45, 7) is 6.82. The van der Waals surface area contributed by atoms with Crippen LogP contribution in [0.2, 0.25) is 5.02 Å². The van der Waals surface area contributed by atoms with E-state index in [1.54, 1.807) is 0 Å². The zero-order valence-electron chi connectivity index (χ0n) is 9.11. The zero-order valence-corrected chi connectivity index (χ0v) is 9.87. The summed E-state index contributed by atoms with van der Waals surface area (Å²) in [7, 11) is 0. The molecule has 0 N–H and O–H groups in total. The van der Waals surface area contributed by atoms with Crippen molar-refractivity contribution in [3.8, 4) is 11.3 Å². The van der Waals surface area contributed by atoms with Gasteiger partial charge in [-0.25, -0.2) is 4.98 Å². The van der Waals surface area contributed by atoms with E-state index in [4.69, 9.17) is 18.2 Å². The normalized spacial score (nSPS) is 11.1. The lowest BCUT2D eigenvalue weighted by Gasteiger charge is -2.06. The van der Waals surface area contributed by atoms with Crippen LogP contribution in [0.15, 0.2) is 24.7 Å². The van der Waals surface area contributed by atoms with E-state index in [0.717, 1.165) is 6.20 Å². The van der Waals surface area contributed by atoms with Crippen LogP contribution in [0.3, 0.4) is 0 Å². The summed E-state index contributed by atoms with van der Waals surface area (Å²) in [4.78, 5) is 13.8. The SMILES string of the molecule is [C-]#[N+]c1cc(-c2cnc(C(F)(F)F)cn2)c(Cl)cn1. The van der Waals surface area contributed by atoms with Crippen molar-refractivity contribution in [2.45, 2.75) is 6.18 Å². The molecule has 0 aliphatic heterocycles. The standard InChI is InChI=1S/C11H4ClF3N4/c1-16-10-2-6(7(12)3-19-10)8-4-18-9(5-17-8)11(13,14)15/h2-5H. The van der Waals surface area contributed by atoms with Crippen LogP contribution in [0.1, 0.15) is 5.69 Å². The third kappa shape index (κ3) is 2.80. The zero-order chi connectivity index (χ0) is 14.0. The summed E-state index contributed by atoms with van der Waals surface area (Å²) in [5, 5.41) is 0.182. The van der Waals surface area contributed by atoms with Gasteiger partial charge in [-0.15, -0.1) is 4.98 Å². The van der Waals surface area contributed by atoms with Gasteiger partial charge in [0.1, 0.15) is 6.20 Å². The topological polar surface area (TPSA) is 43.0 Å². The summed E-state index contributed by atoms with van der Waals surface area (Å²) in [5.41, 5.74) is -0.638. The van der Waals surface area contributed by atoms with Crippen LogP contribution in [0.25, 0.3) is 16.1 Å². The Morgan fingerprint density at radius 3 is 2.37 bits per heavy atom. The number of hydrogen-bond donors (Lipinski definition) is 0. The molecule has 0 bridgehead atoms. The van der Waals surface area contributed by atoms with E-state index in [0.29, 0.717) is 11.8 Å². The monoisotopic (exact) mass is 284 g/mol. The van der Waals surface area contributed by atoms with Gasteiger partial charge >= 0.3 is 6.18 Å². The van der Waals surface area contributed by atoms with Crippen molar-refractivity contribution >= 4 is 17.4 Å². The highest BCUT2D eigenvalue weighted by atomic mass is 35.5. The molecular formula is C11H4ClF3N4. The second-order valence-electron chi connectivity index (χ2n) is 3.42. The quantitative estimate of drug-likeness (QED) is 0.749. The lowest BCUT2D eigenvalue weighted by molar-refractivity contribution is -0.141. The van der Waals surface area contributed by atoms with Gasteiger partial charge in [0.25, 0.3) is 5.82 Å². The van der Waals surface area contributed by atoms with Gasteiger partial charge in [-0.2, -0.15) is 13.2 Å². The fraction of sp³-hybridized carbons (Fsp3) is 0.0909. The Morgan fingerprint density at radius 2 is 1.84 bits per heavy atom. The van der Waals surface area contributed by atoms with E-state index < -0.39 is 11.9 Å². The largest absolute Gasteiger partial charge is 0.434 e. The van der Waals surface area contributed by atoms with E-state index in [9.17, 15) is 13.2 Å². The molecule has 96 valence electrons. The Morgan fingerprint density at radius 1 is 1.11 bits per heavy atom. The Kier molecular flexibility index (Phi) is 3.36. The van der Waals surface area contributed by atoms with Crippen LogP contribution in [0, 0.1) is 6.57 Å². The van der Waals surface area contributed by atoms with Gasteiger partial charge in [0.2, 0.25) is 0 Å². The first-order valence-electron chi connectivity index (χ1n) is 4.84. The van der Waals surface area contributed by atoms with Gasteiger partial charge in [-0.1, -0.05) is 18.2 Å². The minimum absolute atomic E-state index is 0.0705. The number of hydrogen-bond acceptors (Lipinski definition) is 3. The van der Waals surface area contributed by atoms with Crippen LogP contribution in [0.4, 0.5) is 19.0 Å². The van der Waals surface area contributed by atoms with Crippen molar-refractivity contribution in [2.24, 2.45) is 0 Å². The van der Waals surface area contributed by atoms with Gasteiger partial charge in [-0.3, -0.25) is 4.98 Å². The van der Waals surface area contributed by atoms with Crippen LogP contribution < -0.4 is 0 Å². The predicted molar refractivity (Wildman–Crippen MR) is 61.5 cm³/mol. The van der Waals surface area contributed by atoms with E-state index in [1.807, 2.05) is 0 Å². The van der Waals surface area contributed by atoms with E-state index in [1.165, 1.54) is 12.3 Å². The van der Waals surface area contributed by atoms with E-state index in [2.05, 4.69) is 19.8 Å². The molecule has 2 rings (SSSR count). The van der Waals surface area contributed by atoms with Crippen molar-refractivity contribution < 1.29 is 13.2 Å². The molecule has 0 saturated carbocycles. The lowest BCUT2D eigenvalue weighted by atomic mass is 10.2. The maximum atomic E-state index is 12.3. The molecule has 8 heteroatoms. The average Bonchev–Trinajstić information content (AvgIpc) is 2.38. The third-order valence-electron chi connectivity index (χ3n) is 2.17. The molecule has 0 saturated heterocycles. The smallest absolute Gasteiger partial charge is 0.361 e. The fourth-order valence-corrected chi connectivity index (χ4v) is 1.50. The summed E-state index contributed by atoms with van der Waals surface area (Å²) in [6.07, 6.45) is -1.74. The summed E-state index contributed by atoms with van der Waals surface area (Å²) in [5.74, 6) is 0.0705. The first-order valence-corrected chi connectivity index (χ1v) is 5.22. The summed E-state index contributed by atoms with van der Waals surface area (Å²) < 4.78 is 37.0. The molecular weight excluding hydrogens is 281 g/mol. The molecule has 2 aromatic rings. The van der Waals surface area contributed by atoms with E-state index in [-0.39, 0.29) is 16.5 Å². The average molecular weight is 285 g/mol. The number of aromatic nitrogens is 3. The summed E-state index contributed by atoms with van der Waals surface area (Å²) >= 11 is 5.86. The van der Waals surface area contributed by atoms with Gasteiger partial charge in [0.15, 0.2) is 5.69 Å². The molecule has 0 fully saturated rings. The van der Waals surface area contributed by atoms with Crippen molar-refractivity contribution in [2.75, 3.05) is 0 Å². The Balaban J connectivity index is 2.46. The maximum Gasteiger partial charge on any atom is 0.434 e. The highest BCUT2D eigenvalue weighted by Gasteiger charge is 2.32. The molecule has 0 radical (unpaired) electrons. The van der Waals surface area contributed by atoms with Crippen LogP contribution in [-0.4, -0.2) is 15.0 Å². The molecule has 2 aromatic heterocycles. The van der Waals surface area contributed by atoms with Crippen molar-refractivity contribution in [1.29, 1.82) is 0 Å². The van der Waals surface area contributed by atoms with Gasteiger partial charge in [-0.05, 0) is 6.07 Å². The summed E-state index contributed by atoms with van der Waals surface area (Å²) in [6, 6.07) is 1.34. The molecule has 0 spiro atoms. The van der Waals surface area contributed by atoms with Crippen molar-refractivity contribution in [3.63, 3.8) is 0 Å². The Labute approximate surface area is 110 Å². The molecule has 0 amide bonds. The van der Waals surface area contributed by atoms with Crippen LogP contribution >= 0.6 is 11.6 Å². The minimum Gasteiger partial charge on any atom is -0.361 e. The van der Waals surface area contributed by atoms with Crippen molar-refractivity contribution in [3.05, 3.63) is 46.8 Å². The molecule has 0 unspecified atom stereocenters. The number of rotatable bonds is 1. The molecule has 0 aliphatic carbocycles. The second-order valence-corrected chi connectivity index (χ2v) is 3.83. The molecule has 2 heterocycles. The minimum atomic E-state index is -4.55. The predicted octanol–water partition coefficient (Wildman–Crippen LogP) is 3.76. The first kappa shape index (κ1) is 13.2.